The Labute approximate surface area is 198 Å². The lowest BCUT2D eigenvalue weighted by molar-refractivity contribution is -0.128. The van der Waals surface area contributed by atoms with E-state index in [1.165, 1.54) is 18.4 Å². The quantitative estimate of drug-likeness (QED) is 0.260. The van der Waals surface area contributed by atoms with Crippen LogP contribution in [0.25, 0.3) is 0 Å². The lowest BCUT2D eigenvalue weighted by Gasteiger charge is -2.30. The Bertz CT molecular complexity index is 690. The number of benzene rings is 1. The summed E-state index contributed by atoms with van der Waals surface area (Å²) in [6.45, 7) is 9.80. The molecule has 170 valence electrons. The minimum absolute atomic E-state index is 0. The first kappa shape index (κ1) is 26.5. The van der Waals surface area contributed by atoms with Gasteiger partial charge in [-0.2, -0.15) is 0 Å². The van der Waals surface area contributed by atoms with Crippen molar-refractivity contribution in [1.29, 1.82) is 0 Å². The number of ether oxygens (including phenoxy) is 1. The number of rotatable bonds is 9. The molecule has 1 heterocycles. The predicted octanol–water partition coefficient (Wildman–Crippen LogP) is 2.78. The summed E-state index contributed by atoms with van der Waals surface area (Å²) >= 11 is 0. The summed E-state index contributed by atoms with van der Waals surface area (Å²) in [7, 11) is 3.47. The molecular formula is C22H38IN5O2. The highest BCUT2D eigenvalue weighted by atomic mass is 127. The van der Waals surface area contributed by atoms with E-state index < -0.39 is 5.41 Å². The first-order valence-electron chi connectivity index (χ1n) is 10.5. The van der Waals surface area contributed by atoms with E-state index in [1.807, 2.05) is 32.9 Å². The Balaban J connectivity index is 0.00000450. The second kappa shape index (κ2) is 13.0. The number of hydrogen-bond acceptors (Lipinski definition) is 4. The Kier molecular flexibility index (Phi) is 11.5. The van der Waals surface area contributed by atoms with E-state index >= 15 is 0 Å². The summed E-state index contributed by atoms with van der Waals surface area (Å²) in [5.74, 6) is 1.64. The fourth-order valence-corrected chi connectivity index (χ4v) is 3.63. The van der Waals surface area contributed by atoms with E-state index in [9.17, 15) is 4.79 Å². The smallest absolute Gasteiger partial charge is 0.227 e. The van der Waals surface area contributed by atoms with Crippen LogP contribution in [0.4, 0.5) is 0 Å². The highest BCUT2D eigenvalue weighted by Gasteiger charge is 2.28. The van der Waals surface area contributed by atoms with Crippen molar-refractivity contribution in [3.8, 4) is 5.75 Å². The Hall–Kier alpha value is -1.55. The molecule has 0 saturated carbocycles. The maximum atomic E-state index is 12.2. The Morgan fingerprint density at radius 2 is 1.87 bits per heavy atom. The van der Waals surface area contributed by atoms with Gasteiger partial charge < -0.3 is 20.7 Å². The Morgan fingerprint density at radius 3 is 2.47 bits per heavy atom. The van der Waals surface area contributed by atoms with Gasteiger partial charge in [-0.1, -0.05) is 18.2 Å². The maximum absolute atomic E-state index is 12.2. The molecule has 30 heavy (non-hydrogen) atoms. The molecule has 2 rings (SSSR count). The number of halogens is 1. The number of nitrogens with one attached hydrogen (secondary N) is 3. The van der Waals surface area contributed by atoms with Crippen LogP contribution in [0.5, 0.6) is 5.75 Å². The van der Waals surface area contributed by atoms with Gasteiger partial charge in [-0.25, -0.2) is 0 Å². The predicted molar refractivity (Wildman–Crippen MR) is 134 cm³/mol. The maximum Gasteiger partial charge on any atom is 0.227 e. The highest BCUT2D eigenvalue weighted by molar-refractivity contribution is 14.0. The molecule has 7 nitrogen and oxygen atoms in total. The Morgan fingerprint density at radius 1 is 1.20 bits per heavy atom. The first-order chi connectivity index (χ1) is 13.9. The fraction of sp³-hybridized carbons (Fsp3) is 0.636. The molecule has 8 heteroatoms. The molecule has 1 saturated heterocycles. The van der Waals surface area contributed by atoms with Crippen molar-refractivity contribution in [2.45, 2.75) is 39.7 Å². The third kappa shape index (κ3) is 7.30. The van der Waals surface area contributed by atoms with Crippen molar-refractivity contribution < 1.29 is 9.53 Å². The van der Waals surface area contributed by atoms with Crippen molar-refractivity contribution >= 4 is 35.8 Å². The number of aliphatic imine (C=N–C) groups is 1. The number of methoxy groups -OCH3 is 1. The number of likely N-dealkylation sites (tertiary alicyclic amines) is 1. The van der Waals surface area contributed by atoms with E-state index in [2.05, 4.69) is 38.0 Å². The van der Waals surface area contributed by atoms with Crippen molar-refractivity contribution in [3.05, 3.63) is 29.8 Å². The number of carbonyl (C=O) groups is 1. The molecule has 0 bridgehead atoms. The van der Waals surface area contributed by atoms with Gasteiger partial charge >= 0.3 is 0 Å². The third-order valence-electron chi connectivity index (χ3n) is 5.42. The summed E-state index contributed by atoms with van der Waals surface area (Å²) in [6, 6.07) is 8.41. The zero-order valence-corrected chi connectivity index (χ0v) is 21.3. The molecule has 1 aromatic carbocycles. The van der Waals surface area contributed by atoms with Gasteiger partial charge in [0.05, 0.1) is 18.6 Å². The molecule has 0 radical (unpaired) electrons. The van der Waals surface area contributed by atoms with E-state index in [4.69, 9.17) is 4.74 Å². The van der Waals surface area contributed by atoms with Gasteiger partial charge in [0.1, 0.15) is 5.75 Å². The average Bonchev–Trinajstić information content (AvgIpc) is 3.25. The molecule has 0 spiro atoms. The largest absolute Gasteiger partial charge is 0.496 e. The number of carbonyl (C=O) groups excluding carboxylic acids is 1. The average molecular weight is 531 g/mol. The molecule has 1 aliphatic heterocycles. The van der Waals surface area contributed by atoms with Crippen LogP contribution in [-0.4, -0.2) is 63.6 Å². The first-order valence-corrected chi connectivity index (χ1v) is 10.5. The summed E-state index contributed by atoms with van der Waals surface area (Å²) in [6.07, 6.45) is 2.44. The van der Waals surface area contributed by atoms with Gasteiger partial charge in [0.25, 0.3) is 0 Å². The van der Waals surface area contributed by atoms with Gasteiger partial charge in [-0.05, 0) is 52.8 Å². The van der Waals surface area contributed by atoms with Gasteiger partial charge in [0, 0.05) is 32.2 Å². The molecule has 0 aliphatic carbocycles. The van der Waals surface area contributed by atoms with Gasteiger partial charge in [0.2, 0.25) is 5.91 Å². The molecular weight excluding hydrogens is 493 g/mol. The third-order valence-corrected chi connectivity index (χ3v) is 5.42. The molecule has 1 aromatic rings. The SMILES string of the molecule is CCNC(=O)C(C)(C)CNC(=NC)NCC(c1ccccc1OC)N1CCCC1.I. The summed E-state index contributed by atoms with van der Waals surface area (Å²) in [4.78, 5) is 19.1. The van der Waals surface area contributed by atoms with Crippen molar-refractivity contribution in [2.75, 3.05) is 46.9 Å². The second-order valence-corrected chi connectivity index (χ2v) is 8.05. The second-order valence-electron chi connectivity index (χ2n) is 8.05. The number of para-hydroxylation sites is 1. The summed E-state index contributed by atoms with van der Waals surface area (Å²) in [5.41, 5.74) is 0.660. The number of hydrogen-bond donors (Lipinski definition) is 3. The van der Waals surface area contributed by atoms with Gasteiger partial charge in [-0.3, -0.25) is 14.7 Å². The zero-order valence-electron chi connectivity index (χ0n) is 19.0. The molecule has 1 fully saturated rings. The van der Waals surface area contributed by atoms with Crippen molar-refractivity contribution in [3.63, 3.8) is 0 Å². The van der Waals surface area contributed by atoms with Crippen LogP contribution in [0, 0.1) is 5.41 Å². The van der Waals surface area contributed by atoms with Crippen LogP contribution >= 0.6 is 24.0 Å². The van der Waals surface area contributed by atoms with Crippen molar-refractivity contribution in [1.82, 2.24) is 20.9 Å². The number of amides is 1. The van der Waals surface area contributed by atoms with Crippen LogP contribution in [0.1, 0.15) is 45.2 Å². The minimum Gasteiger partial charge on any atom is -0.496 e. The van der Waals surface area contributed by atoms with E-state index in [1.54, 1.807) is 14.2 Å². The molecule has 1 unspecified atom stereocenters. The topological polar surface area (TPSA) is 78.0 Å². The van der Waals surface area contributed by atoms with Crippen LogP contribution in [0.15, 0.2) is 29.3 Å². The zero-order chi connectivity index (χ0) is 21.3. The molecule has 0 aromatic heterocycles. The van der Waals surface area contributed by atoms with Crippen LogP contribution in [-0.2, 0) is 4.79 Å². The number of guanidine groups is 1. The summed E-state index contributed by atoms with van der Waals surface area (Å²) < 4.78 is 5.62. The number of nitrogens with zero attached hydrogens (tertiary/aromatic N) is 2. The van der Waals surface area contributed by atoms with Gasteiger partial charge in [0.15, 0.2) is 5.96 Å². The van der Waals surface area contributed by atoms with Crippen LogP contribution in [0.3, 0.4) is 0 Å². The minimum atomic E-state index is -0.523. The standard InChI is InChI=1S/C22H37N5O2.HI/c1-6-24-20(28)22(2,3)16-26-21(23-4)25-15-18(27-13-9-10-14-27)17-11-7-8-12-19(17)29-5;/h7-8,11-12,18H,6,9-10,13-16H2,1-5H3,(H,24,28)(H2,23,25,26);1H. The molecule has 3 N–H and O–H groups in total. The van der Waals surface area contributed by atoms with Crippen LogP contribution in [0.2, 0.25) is 0 Å². The monoisotopic (exact) mass is 531 g/mol. The lowest BCUT2D eigenvalue weighted by Crippen LogP contribution is -2.49. The van der Waals surface area contributed by atoms with Gasteiger partial charge in [-0.15, -0.1) is 24.0 Å². The fourth-order valence-electron chi connectivity index (χ4n) is 3.63. The molecule has 1 amide bonds. The van der Waals surface area contributed by atoms with E-state index in [0.29, 0.717) is 25.6 Å². The molecule has 1 aliphatic rings. The normalized spacial score (nSPS) is 15.8. The van der Waals surface area contributed by atoms with E-state index in [-0.39, 0.29) is 35.9 Å². The summed E-state index contributed by atoms with van der Waals surface area (Å²) in [5, 5.41) is 9.64. The van der Waals surface area contributed by atoms with Crippen molar-refractivity contribution in [2.24, 2.45) is 10.4 Å². The van der Waals surface area contributed by atoms with Crippen LogP contribution < -0.4 is 20.7 Å². The highest BCUT2D eigenvalue weighted by Crippen LogP contribution is 2.31. The lowest BCUT2D eigenvalue weighted by atomic mass is 9.92. The van der Waals surface area contributed by atoms with E-state index in [0.717, 1.165) is 18.8 Å². The molecule has 1 atom stereocenters.